The van der Waals surface area contributed by atoms with E-state index in [9.17, 15) is 4.79 Å². The van der Waals surface area contributed by atoms with E-state index in [1.165, 1.54) is 25.7 Å². The van der Waals surface area contributed by atoms with Crippen LogP contribution in [0.15, 0.2) is 0 Å². The van der Waals surface area contributed by atoms with E-state index in [1.807, 2.05) is 4.90 Å². The van der Waals surface area contributed by atoms with Gasteiger partial charge in [-0.25, -0.2) is 0 Å². The number of nitrogens with zero attached hydrogens (tertiary/aromatic N) is 1. The Hall–Kier alpha value is -0.570. The minimum absolute atomic E-state index is 0.373. The molecule has 86 valence electrons. The van der Waals surface area contributed by atoms with Gasteiger partial charge in [0.25, 0.3) is 0 Å². The van der Waals surface area contributed by atoms with Crippen LogP contribution in [-0.2, 0) is 4.79 Å². The lowest BCUT2D eigenvalue weighted by atomic mass is 10.0. The molecule has 1 aliphatic heterocycles. The molecule has 1 atom stereocenters. The molecule has 3 nitrogen and oxygen atoms in total. The topological polar surface area (TPSA) is 46.3 Å². The van der Waals surface area contributed by atoms with Gasteiger partial charge in [0, 0.05) is 19.5 Å². The zero-order valence-corrected chi connectivity index (χ0v) is 9.45. The minimum atomic E-state index is 0.373. The van der Waals surface area contributed by atoms with Crippen molar-refractivity contribution in [2.45, 2.75) is 38.5 Å². The normalized spacial score (nSPS) is 27.5. The third-order valence-corrected chi connectivity index (χ3v) is 3.91. The Labute approximate surface area is 92.0 Å². The Morgan fingerprint density at radius 1 is 1.20 bits per heavy atom. The average molecular weight is 210 g/mol. The lowest BCUT2D eigenvalue weighted by Crippen LogP contribution is -2.30. The summed E-state index contributed by atoms with van der Waals surface area (Å²) in [6.07, 6.45) is 7.07. The van der Waals surface area contributed by atoms with Gasteiger partial charge in [-0.3, -0.25) is 4.79 Å². The average Bonchev–Trinajstić information content (AvgIpc) is 2.86. The molecule has 1 amide bonds. The maximum Gasteiger partial charge on any atom is 0.222 e. The molecule has 2 fully saturated rings. The summed E-state index contributed by atoms with van der Waals surface area (Å²) >= 11 is 0. The fraction of sp³-hybridized carbons (Fsp3) is 0.917. The van der Waals surface area contributed by atoms with Gasteiger partial charge in [0.15, 0.2) is 0 Å². The molecule has 1 saturated carbocycles. The zero-order chi connectivity index (χ0) is 10.7. The fourth-order valence-corrected chi connectivity index (χ4v) is 2.84. The van der Waals surface area contributed by atoms with E-state index >= 15 is 0 Å². The van der Waals surface area contributed by atoms with E-state index in [1.54, 1.807) is 0 Å². The molecule has 2 rings (SSSR count). The molecule has 1 aliphatic carbocycles. The highest BCUT2D eigenvalue weighted by atomic mass is 16.2. The molecule has 1 saturated heterocycles. The molecule has 3 heteroatoms. The third kappa shape index (κ3) is 2.71. The van der Waals surface area contributed by atoms with E-state index in [0.29, 0.717) is 17.7 Å². The Morgan fingerprint density at radius 2 is 1.93 bits per heavy atom. The highest BCUT2D eigenvalue weighted by molar-refractivity contribution is 5.76. The third-order valence-electron chi connectivity index (χ3n) is 3.91. The first-order valence-corrected chi connectivity index (χ1v) is 6.27. The summed E-state index contributed by atoms with van der Waals surface area (Å²) in [5.41, 5.74) is 5.62. The van der Waals surface area contributed by atoms with Crippen LogP contribution in [0.4, 0.5) is 0 Å². The number of amides is 1. The molecule has 2 N–H and O–H groups in total. The van der Waals surface area contributed by atoms with Crippen LogP contribution in [0.5, 0.6) is 0 Å². The van der Waals surface area contributed by atoms with Gasteiger partial charge in [0.05, 0.1) is 0 Å². The predicted octanol–water partition coefficient (Wildman–Crippen LogP) is 1.37. The molecule has 1 heterocycles. The number of carbonyl (C=O) groups excluding carboxylic acids is 1. The van der Waals surface area contributed by atoms with Crippen molar-refractivity contribution in [2.75, 3.05) is 19.6 Å². The number of likely N-dealkylation sites (tertiary alicyclic amines) is 1. The first kappa shape index (κ1) is 10.9. The molecule has 0 radical (unpaired) electrons. The second-order valence-electron chi connectivity index (χ2n) is 5.08. The number of carbonyl (C=O) groups is 1. The van der Waals surface area contributed by atoms with Crippen molar-refractivity contribution in [2.24, 2.45) is 17.6 Å². The molecule has 0 aromatic rings. The van der Waals surface area contributed by atoms with Crippen LogP contribution in [0.25, 0.3) is 0 Å². The Morgan fingerprint density at radius 3 is 2.53 bits per heavy atom. The molecular formula is C12H22N2O. The lowest BCUT2D eigenvalue weighted by Gasteiger charge is -2.18. The SMILES string of the molecule is NCC1CCN(C(=O)CC2CCCC2)C1. The van der Waals surface area contributed by atoms with Crippen molar-refractivity contribution in [3.05, 3.63) is 0 Å². The first-order valence-electron chi connectivity index (χ1n) is 6.27. The van der Waals surface area contributed by atoms with Crippen LogP contribution in [0.3, 0.4) is 0 Å². The summed E-state index contributed by atoms with van der Waals surface area (Å²) in [5.74, 6) is 1.60. The zero-order valence-electron chi connectivity index (χ0n) is 9.45. The molecule has 2 aliphatic rings. The molecule has 15 heavy (non-hydrogen) atoms. The second kappa shape index (κ2) is 4.97. The first-order chi connectivity index (χ1) is 7.29. The maximum absolute atomic E-state index is 11.9. The van der Waals surface area contributed by atoms with Crippen molar-refractivity contribution < 1.29 is 4.79 Å². The molecular weight excluding hydrogens is 188 g/mol. The smallest absolute Gasteiger partial charge is 0.222 e. The Balaban J connectivity index is 1.76. The van der Waals surface area contributed by atoms with E-state index in [-0.39, 0.29) is 0 Å². The molecule has 0 aromatic carbocycles. The summed E-state index contributed by atoms with van der Waals surface area (Å²) < 4.78 is 0. The van der Waals surface area contributed by atoms with Crippen LogP contribution in [0.1, 0.15) is 38.5 Å². The van der Waals surface area contributed by atoms with Crippen molar-refractivity contribution in [1.82, 2.24) is 4.90 Å². The summed E-state index contributed by atoms with van der Waals surface area (Å²) in [4.78, 5) is 14.0. The molecule has 0 aromatic heterocycles. The Bertz CT molecular complexity index is 224. The van der Waals surface area contributed by atoms with E-state index < -0.39 is 0 Å². The van der Waals surface area contributed by atoms with Crippen LogP contribution in [-0.4, -0.2) is 30.4 Å². The lowest BCUT2D eigenvalue weighted by molar-refractivity contribution is -0.131. The number of rotatable bonds is 3. The van der Waals surface area contributed by atoms with Gasteiger partial charge in [-0.05, 0) is 37.6 Å². The van der Waals surface area contributed by atoms with Crippen molar-refractivity contribution in [3.63, 3.8) is 0 Å². The summed E-state index contributed by atoms with van der Waals surface area (Å²) in [6, 6.07) is 0. The van der Waals surface area contributed by atoms with Gasteiger partial charge in [-0.2, -0.15) is 0 Å². The minimum Gasteiger partial charge on any atom is -0.342 e. The molecule has 1 unspecified atom stereocenters. The van der Waals surface area contributed by atoms with Crippen molar-refractivity contribution >= 4 is 5.91 Å². The summed E-state index contributed by atoms with van der Waals surface area (Å²) in [5, 5.41) is 0. The standard InChI is InChI=1S/C12H22N2O/c13-8-11-5-6-14(9-11)12(15)7-10-3-1-2-4-10/h10-11H,1-9,13H2. The summed E-state index contributed by atoms with van der Waals surface area (Å²) in [6.45, 7) is 2.57. The highest BCUT2D eigenvalue weighted by Crippen LogP contribution is 2.28. The fourth-order valence-electron chi connectivity index (χ4n) is 2.84. The van der Waals surface area contributed by atoms with E-state index in [2.05, 4.69) is 0 Å². The quantitative estimate of drug-likeness (QED) is 0.765. The predicted molar refractivity (Wildman–Crippen MR) is 60.3 cm³/mol. The van der Waals surface area contributed by atoms with Crippen molar-refractivity contribution in [3.8, 4) is 0 Å². The van der Waals surface area contributed by atoms with E-state index in [0.717, 1.165) is 32.5 Å². The second-order valence-corrected chi connectivity index (χ2v) is 5.08. The highest BCUT2D eigenvalue weighted by Gasteiger charge is 2.27. The van der Waals surface area contributed by atoms with Crippen molar-refractivity contribution in [1.29, 1.82) is 0 Å². The number of hydrogen-bond acceptors (Lipinski definition) is 2. The van der Waals surface area contributed by atoms with Crippen LogP contribution < -0.4 is 5.73 Å². The largest absolute Gasteiger partial charge is 0.342 e. The van der Waals surface area contributed by atoms with Gasteiger partial charge in [0.2, 0.25) is 5.91 Å². The molecule has 0 bridgehead atoms. The summed E-state index contributed by atoms with van der Waals surface area (Å²) in [7, 11) is 0. The van der Waals surface area contributed by atoms with Gasteiger partial charge >= 0.3 is 0 Å². The number of hydrogen-bond donors (Lipinski definition) is 1. The van der Waals surface area contributed by atoms with Gasteiger partial charge in [0.1, 0.15) is 0 Å². The van der Waals surface area contributed by atoms with Crippen LogP contribution >= 0.6 is 0 Å². The van der Waals surface area contributed by atoms with Crippen LogP contribution in [0.2, 0.25) is 0 Å². The molecule has 0 spiro atoms. The van der Waals surface area contributed by atoms with Gasteiger partial charge < -0.3 is 10.6 Å². The number of nitrogens with two attached hydrogens (primary N) is 1. The van der Waals surface area contributed by atoms with Gasteiger partial charge in [-0.1, -0.05) is 12.8 Å². The van der Waals surface area contributed by atoms with Gasteiger partial charge in [-0.15, -0.1) is 0 Å². The van der Waals surface area contributed by atoms with E-state index in [4.69, 9.17) is 5.73 Å². The van der Waals surface area contributed by atoms with Crippen LogP contribution in [0, 0.1) is 11.8 Å². The monoisotopic (exact) mass is 210 g/mol. The maximum atomic E-state index is 11.9. The Kier molecular flexibility index (Phi) is 3.62.